The van der Waals surface area contributed by atoms with E-state index in [1.165, 1.54) is 30.7 Å². The fraction of sp³-hybridized carbons (Fsp3) is 0.0526. The van der Waals surface area contributed by atoms with Crippen LogP contribution in [0.2, 0.25) is 0 Å². The number of alkyl halides is 3. The standard InChI is InChI=1S/C19H11F4N5/c20-14-2-1-7-24-17(14)11-3-5-13-15(8-11)26-10-27-18(13)28-16-6-4-12(9-25-16)19(21,22)23/h1-10H,(H,25,26,27,28). The molecule has 0 aliphatic heterocycles. The van der Waals surface area contributed by atoms with E-state index in [1.54, 1.807) is 18.2 Å². The number of nitrogens with one attached hydrogen (secondary N) is 1. The Morgan fingerprint density at radius 1 is 0.893 bits per heavy atom. The predicted octanol–water partition coefficient (Wildman–Crippen LogP) is 4.99. The molecule has 0 radical (unpaired) electrons. The van der Waals surface area contributed by atoms with Crippen molar-refractivity contribution in [1.29, 1.82) is 0 Å². The molecule has 0 fully saturated rings. The summed E-state index contributed by atoms with van der Waals surface area (Å²) < 4.78 is 51.9. The Morgan fingerprint density at radius 2 is 1.75 bits per heavy atom. The second-order valence-corrected chi connectivity index (χ2v) is 5.84. The normalized spacial score (nSPS) is 11.6. The van der Waals surface area contributed by atoms with Crippen LogP contribution in [0, 0.1) is 5.82 Å². The second kappa shape index (κ2) is 6.84. The molecule has 0 amide bonds. The lowest BCUT2D eigenvalue weighted by Gasteiger charge is -2.10. The third-order valence-electron chi connectivity index (χ3n) is 4.01. The van der Waals surface area contributed by atoms with E-state index >= 15 is 0 Å². The largest absolute Gasteiger partial charge is 0.417 e. The van der Waals surface area contributed by atoms with Crippen molar-refractivity contribution in [2.45, 2.75) is 6.18 Å². The smallest absolute Gasteiger partial charge is 0.324 e. The SMILES string of the molecule is Fc1cccnc1-c1ccc2c(Nc3ccc(C(F)(F)F)cn3)ncnc2c1. The van der Waals surface area contributed by atoms with Crippen LogP contribution in [-0.2, 0) is 6.18 Å². The minimum absolute atomic E-state index is 0.196. The van der Waals surface area contributed by atoms with Crippen molar-refractivity contribution in [3.8, 4) is 11.3 Å². The van der Waals surface area contributed by atoms with Gasteiger partial charge in [0.2, 0.25) is 0 Å². The number of fused-ring (bicyclic) bond motifs is 1. The Morgan fingerprint density at radius 3 is 2.46 bits per heavy atom. The summed E-state index contributed by atoms with van der Waals surface area (Å²) in [5, 5.41) is 3.48. The van der Waals surface area contributed by atoms with Crippen LogP contribution in [0.25, 0.3) is 22.2 Å². The molecule has 0 spiro atoms. The Labute approximate surface area is 156 Å². The molecule has 1 aromatic carbocycles. The first-order valence-electron chi connectivity index (χ1n) is 8.08. The third kappa shape index (κ3) is 3.46. The summed E-state index contributed by atoms with van der Waals surface area (Å²) in [5.74, 6) is 0.112. The van der Waals surface area contributed by atoms with Crippen molar-refractivity contribution in [3.63, 3.8) is 0 Å². The molecular weight excluding hydrogens is 374 g/mol. The molecule has 0 unspecified atom stereocenters. The van der Waals surface area contributed by atoms with Crippen LogP contribution >= 0.6 is 0 Å². The van der Waals surface area contributed by atoms with E-state index in [0.717, 1.165) is 12.3 Å². The molecule has 0 atom stereocenters. The molecule has 28 heavy (non-hydrogen) atoms. The summed E-state index contributed by atoms with van der Waals surface area (Å²) >= 11 is 0. The minimum Gasteiger partial charge on any atom is -0.324 e. The molecule has 140 valence electrons. The van der Waals surface area contributed by atoms with Crippen LogP contribution in [0.15, 0.2) is 61.2 Å². The lowest BCUT2D eigenvalue weighted by molar-refractivity contribution is -0.137. The van der Waals surface area contributed by atoms with Gasteiger partial charge in [0.1, 0.15) is 29.5 Å². The fourth-order valence-electron chi connectivity index (χ4n) is 2.66. The molecule has 1 N–H and O–H groups in total. The van der Waals surface area contributed by atoms with E-state index in [9.17, 15) is 17.6 Å². The zero-order chi connectivity index (χ0) is 19.7. The summed E-state index contributed by atoms with van der Waals surface area (Å²) in [4.78, 5) is 16.1. The molecular formula is C19H11F4N5. The minimum atomic E-state index is -4.45. The summed E-state index contributed by atoms with van der Waals surface area (Å²) in [6, 6.07) is 9.98. The lowest BCUT2D eigenvalue weighted by atomic mass is 10.1. The van der Waals surface area contributed by atoms with Crippen molar-refractivity contribution in [2.75, 3.05) is 5.32 Å². The van der Waals surface area contributed by atoms with Crippen molar-refractivity contribution in [1.82, 2.24) is 19.9 Å². The molecule has 0 saturated heterocycles. The highest BCUT2D eigenvalue weighted by molar-refractivity contribution is 5.92. The van der Waals surface area contributed by atoms with Gasteiger partial charge in [-0.25, -0.2) is 19.3 Å². The zero-order valence-electron chi connectivity index (χ0n) is 14.1. The molecule has 0 aliphatic carbocycles. The quantitative estimate of drug-likeness (QED) is 0.504. The predicted molar refractivity (Wildman–Crippen MR) is 95.2 cm³/mol. The molecule has 9 heteroatoms. The van der Waals surface area contributed by atoms with Crippen LogP contribution < -0.4 is 5.32 Å². The number of anilines is 2. The number of halogens is 4. The lowest BCUT2D eigenvalue weighted by Crippen LogP contribution is -2.06. The van der Waals surface area contributed by atoms with Gasteiger partial charge in [-0.2, -0.15) is 13.2 Å². The van der Waals surface area contributed by atoms with Crippen LogP contribution in [0.1, 0.15) is 5.56 Å². The van der Waals surface area contributed by atoms with Crippen LogP contribution in [-0.4, -0.2) is 19.9 Å². The van der Waals surface area contributed by atoms with E-state index in [4.69, 9.17) is 0 Å². The Balaban J connectivity index is 1.68. The van der Waals surface area contributed by atoms with Crippen LogP contribution in [0.5, 0.6) is 0 Å². The topological polar surface area (TPSA) is 63.6 Å². The van der Waals surface area contributed by atoms with Gasteiger partial charge in [-0.05, 0) is 36.4 Å². The zero-order valence-corrected chi connectivity index (χ0v) is 14.1. The molecule has 4 aromatic rings. The van der Waals surface area contributed by atoms with Crippen LogP contribution in [0.4, 0.5) is 29.2 Å². The number of hydrogen-bond acceptors (Lipinski definition) is 5. The highest BCUT2D eigenvalue weighted by Crippen LogP contribution is 2.30. The summed E-state index contributed by atoms with van der Waals surface area (Å²) in [6.45, 7) is 0. The molecule has 3 heterocycles. The van der Waals surface area contributed by atoms with E-state index in [1.807, 2.05) is 0 Å². The number of aromatic nitrogens is 4. The highest BCUT2D eigenvalue weighted by Gasteiger charge is 2.30. The number of rotatable bonds is 3. The van der Waals surface area contributed by atoms with Gasteiger partial charge in [0, 0.05) is 23.3 Å². The van der Waals surface area contributed by atoms with Gasteiger partial charge in [-0.1, -0.05) is 6.07 Å². The fourth-order valence-corrected chi connectivity index (χ4v) is 2.66. The average molecular weight is 385 g/mol. The Kier molecular flexibility index (Phi) is 4.34. The van der Waals surface area contributed by atoms with Gasteiger partial charge in [-0.15, -0.1) is 0 Å². The molecule has 4 rings (SSSR count). The van der Waals surface area contributed by atoms with Gasteiger partial charge in [-0.3, -0.25) is 4.98 Å². The Hall–Kier alpha value is -3.62. The van der Waals surface area contributed by atoms with E-state index in [0.29, 0.717) is 22.3 Å². The van der Waals surface area contributed by atoms with Gasteiger partial charge in [0.25, 0.3) is 0 Å². The maximum absolute atomic E-state index is 14.0. The molecule has 5 nitrogen and oxygen atoms in total. The van der Waals surface area contributed by atoms with E-state index < -0.39 is 17.6 Å². The number of pyridine rings is 2. The van der Waals surface area contributed by atoms with Crippen molar-refractivity contribution in [3.05, 3.63) is 72.6 Å². The van der Waals surface area contributed by atoms with Gasteiger partial charge in [0.15, 0.2) is 0 Å². The Bertz CT molecular complexity index is 1140. The molecule has 0 saturated carbocycles. The van der Waals surface area contributed by atoms with Crippen LogP contribution in [0.3, 0.4) is 0 Å². The van der Waals surface area contributed by atoms with Gasteiger partial charge < -0.3 is 5.32 Å². The summed E-state index contributed by atoms with van der Waals surface area (Å²) in [7, 11) is 0. The van der Waals surface area contributed by atoms with Crippen molar-refractivity contribution < 1.29 is 17.6 Å². The first kappa shape index (κ1) is 17.8. The average Bonchev–Trinajstić information content (AvgIpc) is 2.68. The first-order chi connectivity index (χ1) is 13.4. The van der Waals surface area contributed by atoms with E-state index in [2.05, 4.69) is 25.3 Å². The maximum atomic E-state index is 14.0. The summed E-state index contributed by atoms with van der Waals surface area (Å²) in [5.41, 5.74) is 0.421. The second-order valence-electron chi connectivity index (χ2n) is 5.84. The number of hydrogen-bond donors (Lipinski definition) is 1. The van der Waals surface area contributed by atoms with Gasteiger partial charge in [0.05, 0.1) is 11.1 Å². The molecule has 0 bridgehead atoms. The number of benzene rings is 1. The monoisotopic (exact) mass is 385 g/mol. The first-order valence-corrected chi connectivity index (χ1v) is 8.08. The molecule has 0 aliphatic rings. The summed E-state index contributed by atoms with van der Waals surface area (Å²) in [6.07, 6.45) is -0.920. The van der Waals surface area contributed by atoms with E-state index in [-0.39, 0.29) is 11.5 Å². The molecule has 3 aromatic heterocycles. The third-order valence-corrected chi connectivity index (χ3v) is 4.01. The number of nitrogens with zero attached hydrogens (tertiary/aromatic N) is 4. The highest BCUT2D eigenvalue weighted by atomic mass is 19.4. The maximum Gasteiger partial charge on any atom is 0.417 e. The van der Waals surface area contributed by atoms with Crippen molar-refractivity contribution in [2.24, 2.45) is 0 Å². The van der Waals surface area contributed by atoms with Gasteiger partial charge >= 0.3 is 6.18 Å². The van der Waals surface area contributed by atoms with Crippen molar-refractivity contribution >= 4 is 22.5 Å².